The number of nitrogens with zero attached hydrogens (tertiary/aromatic N) is 2. The maximum Gasteiger partial charge on any atom is 0.287 e. The topological polar surface area (TPSA) is 48.4 Å². The summed E-state index contributed by atoms with van der Waals surface area (Å²) in [5, 5.41) is 2.99. The molecule has 3 heteroatoms. The molecule has 0 amide bonds. The Balaban J connectivity index is 2.91. The number of nitrogens with one attached hydrogen (secondary N) is 1. The highest BCUT2D eigenvalue weighted by Crippen LogP contribution is 2.05. The highest BCUT2D eigenvalue weighted by molar-refractivity contribution is 5.75. The van der Waals surface area contributed by atoms with Gasteiger partial charge in [0.05, 0.1) is 5.56 Å². The number of rotatable bonds is 2. The first-order valence-electron chi connectivity index (χ1n) is 3.32. The molecule has 0 aliphatic heterocycles. The SMILES string of the molecule is CNc1ccc(C=[N+]=[N-])cc1. The number of benzene rings is 1. The van der Waals surface area contributed by atoms with Gasteiger partial charge in [-0.15, -0.1) is 0 Å². The Hall–Kier alpha value is -1.60. The van der Waals surface area contributed by atoms with Crippen LogP contribution in [0.3, 0.4) is 0 Å². The molecule has 0 fully saturated rings. The fourth-order valence-electron chi connectivity index (χ4n) is 0.803. The maximum absolute atomic E-state index is 8.20. The smallest absolute Gasteiger partial charge is 0.287 e. The van der Waals surface area contributed by atoms with E-state index in [0.717, 1.165) is 11.3 Å². The summed E-state index contributed by atoms with van der Waals surface area (Å²) < 4.78 is 0. The van der Waals surface area contributed by atoms with Crippen molar-refractivity contribution in [2.75, 3.05) is 12.4 Å². The molecular weight excluding hydrogens is 138 g/mol. The molecule has 56 valence electrons. The lowest BCUT2D eigenvalue weighted by Gasteiger charge is -1.96. The molecule has 1 rings (SSSR count). The fourth-order valence-corrected chi connectivity index (χ4v) is 0.803. The van der Waals surface area contributed by atoms with Gasteiger partial charge in [0.25, 0.3) is 6.21 Å². The maximum atomic E-state index is 8.20. The summed E-state index contributed by atoms with van der Waals surface area (Å²) in [6, 6.07) is 7.56. The summed E-state index contributed by atoms with van der Waals surface area (Å²) in [6.07, 6.45) is 1.39. The summed E-state index contributed by atoms with van der Waals surface area (Å²) in [6.45, 7) is 0. The Kier molecular flexibility index (Phi) is 2.42. The lowest BCUT2D eigenvalue weighted by molar-refractivity contribution is 0.00456. The zero-order valence-electron chi connectivity index (χ0n) is 6.28. The van der Waals surface area contributed by atoms with Crippen LogP contribution in [0.25, 0.3) is 5.53 Å². The minimum atomic E-state index is 0.881. The van der Waals surface area contributed by atoms with Crippen LogP contribution in [-0.2, 0) is 0 Å². The zero-order valence-corrected chi connectivity index (χ0v) is 6.28. The average molecular weight is 147 g/mol. The van der Waals surface area contributed by atoms with Gasteiger partial charge < -0.3 is 10.8 Å². The second-order valence-electron chi connectivity index (χ2n) is 2.12. The number of hydrogen-bond acceptors (Lipinski definition) is 1. The van der Waals surface area contributed by atoms with E-state index in [4.69, 9.17) is 5.53 Å². The van der Waals surface area contributed by atoms with E-state index in [1.165, 1.54) is 6.21 Å². The fraction of sp³-hybridized carbons (Fsp3) is 0.125. The van der Waals surface area contributed by atoms with Gasteiger partial charge >= 0.3 is 0 Å². The Morgan fingerprint density at radius 3 is 2.45 bits per heavy atom. The van der Waals surface area contributed by atoms with Crippen LogP contribution in [0.15, 0.2) is 24.3 Å². The van der Waals surface area contributed by atoms with Crippen LogP contribution >= 0.6 is 0 Å². The van der Waals surface area contributed by atoms with E-state index in [1.807, 2.05) is 31.3 Å². The van der Waals surface area contributed by atoms with Crippen LogP contribution in [0.1, 0.15) is 5.56 Å². The molecule has 0 aliphatic carbocycles. The molecule has 0 heterocycles. The van der Waals surface area contributed by atoms with E-state index in [-0.39, 0.29) is 0 Å². The molecule has 11 heavy (non-hydrogen) atoms. The van der Waals surface area contributed by atoms with Gasteiger partial charge in [0.1, 0.15) is 0 Å². The van der Waals surface area contributed by atoms with Gasteiger partial charge in [-0.1, -0.05) is 0 Å². The lowest BCUT2D eigenvalue weighted by atomic mass is 10.2. The first kappa shape index (κ1) is 7.51. The summed E-state index contributed by atoms with van der Waals surface area (Å²) >= 11 is 0. The molecule has 3 nitrogen and oxygen atoms in total. The van der Waals surface area contributed by atoms with Gasteiger partial charge in [0.15, 0.2) is 0 Å². The van der Waals surface area contributed by atoms with Gasteiger partial charge in [-0.05, 0) is 24.3 Å². The molecule has 0 saturated carbocycles. The van der Waals surface area contributed by atoms with E-state index < -0.39 is 0 Å². The molecule has 0 spiro atoms. The molecule has 0 unspecified atom stereocenters. The Morgan fingerprint density at radius 1 is 1.36 bits per heavy atom. The predicted molar refractivity (Wildman–Crippen MR) is 44.8 cm³/mol. The third kappa shape index (κ3) is 1.92. The summed E-state index contributed by atoms with van der Waals surface area (Å²) in [7, 11) is 1.86. The van der Waals surface area contributed by atoms with Crippen molar-refractivity contribution in [3.63, 3.8) is 0 Å². The second kappa shape index (κ2) is 3.54. The van der Waals surface area contributed by atoms with Gasteiger partial charge in [0, 0.05) is 12.7 Å². The van der Waals surface area contributed by atoms with E-state index in [2.05, 4.69) is 10.1 Å². The molecule has 0 saturated heterocycles. The highest BCUT2D eigenvalue weighted by Gasteiger charge is 1.91. The molecule has 0 bridgehead atoms. The number of hydrogen-bond donors (Lipinski definition) is 1. The van der Waals surface area contributed by atoms with Crippen molar-refractivity contribution in [1.29, 1.82) is 0 Å². The third-order valence-corrected chi connectivity index (χ3v) is 1.41. The van der Waals surface area contributed by atoms with Gasteiger partial charge in [0.2, 0.25) is 0 Å². The molecule has 0 aliphatic rings. The summed E-state index contributed by atoms with van der Waals surface area (Å²) in [5.74, 6) is 0. The Labute approximate surface area is 65.3 Å². The van der Waals surface area contributed by atoms with Crippen molar-refractivity contribution in [2.24, 2.45) is 0 Å². The van der Waals surface area contributed by atoms with E-state index in [0.29, 0.717) is 0 Å². The third-order valence-electron chi connectivity index (χ3n) is 1.41. The van der Waals surface area contributed by atoms with Crippen molar-refractivity contribution in [2.45, 2.75) is 0 Å². The van der Waals surface area contributed by atoms with Crippen LogP contribution in [0.2, 0.25) is 0 Å². The number of anilines is 1. The molecule has 0 aromatic heterocycles. The second-order valence-corrected chi connectivity index (χ2v) is 2.12. The minimum Gasteiger partial charge on any atom is -0.388 e. The van der Waals surface area contributed by atoms with Crippen LogP contribution < -0.4 is 5.32 Å². The zero-order chi connectivity index (χ0) is 8.10. The largest absolute Gasteiger partial charge is 0.388 e. The first-order chi connectivity index (χ1) is 5.36. The van der Waals surface area contributed by atoms with Gasteiger partial charge in [-0.25, -0.2) is 0 Å². The molecule has 1 N–H and O–H groups in total. The standard InChI is InChI=1S/C8H9N3/c1-10-8-4-2-7(3-5-8)6-11-9/h2-6,10H,1H3. The van der Waals surface area contributed by atoms with Gasteiger partial charge in [-0.3, -0.25) is 0 Å². The van der Waals surface area contributed by atoms with Crippen LogP contribution in [0.4, 0.5) is 5.69 Å². The molecule has 1 aromatic rings. The normalized spacial score (nSPS) is 8.45. The van der Waals surface area contributed by atoms with Crippen molar-refractivity contribution in [3.8, 4) is 0 Å². The van der Waals surface area contributed by atoms with Crippen molar-refractivity contribution >= 4 is 11.9 Å². The monoisotopic (exact) mass is 147 g/mol. The van der Waals surface area contributed by atoms with Crippen LogP contribution in [0, 0.1) is 0 Å². The average Bonchev–Trinajstić information content (AvgIpc) is 2.07. The van der Waals surface area contributed by atoms with E-state index >= 15 is 0 Å². The van der Waals surface area contributed by atoms with Crippen LogP contribution in [-0.4, -0.2) is 18.1 Å². The quantitative estimate of drug-likeness (QED) is 0.383. The summed E-state index contributed by atoms with van der Waals surface area (Å²) in [4.78, 5) is 2.92. The van der Waals surface area contributed by atoms with Crippen molar-refractivity contribution < 1.29 is 4.79 Å². The summed E-state index contributed by atoms with van der Waals surface area (Å²) in [5.41, 5.74) is 10.1. The molecule has 0 radical (unpaired) electrons. The minimum absolute atomic E-state index is 0.881. The van der Waals surface area contributed by atoms with E-state index in [1.54, 1.807) is 0 Å². The van der Waals surface area contributed by atoms with Crippen molar-refractivity contribution in [1.82, 2.24) is 0 Å². The highest BCUT2D eigenvalue weighted by atomic mass is 14.8. The van der Waals surface area contributed by atoms with Crippen LogP contribution in [0.5, 0.6) is 0 Å². The van der Waals surface area contributed by atoms with Crippen molar-refractivity contribution in [3.05, 3.63) is 35.4 Å². The predicted octanol–water partition coefficient (Wildman–Crippen LogP) is 1.38. The first-order valence-corrected chi connectivity index (χ1v) is 3.32. The van der Waals surface area contributed by atoms with Gasteiger partial charge in [-0.2, -0.15) is 4.79 Å². The molecule has 0 atom stereocenters. The lowest BCUT2D eigenvalue weighted by Crippen LogP contribution is -1.88. The molecule has 1 aromatic carbocycles. The Morgan fingerprint density at radius 2 is 2.00 bits per heavy atom. The molecular formula is C8H9N3. The Bertz CT molecular complexity index is 270. The van der Waals surface area contributed by atoms with E-state index in [9.17, 15) is 0 Å².